The van der Waals surface area contributed by atoms with Crippen LogP contribution in [0.4, 0.5) is 0 Å². The summed E-state index contributed by atoms with van der Waals surface area (Å²) in [6.07, 6.45) is 8.36. The maximum absolute atomic E-state index is 6.73. The molecule has 2 aliphatic carbocycles. The number of aromatic nitrogens is 1. The number of benzene rings is 5. The molecule has 0 radical (unpaired) electrons. The Bertz CT molecular complexity index is 2440. The SMILES string of the molecule is CC1(C)c2ccccc2-c2ccc(C3=NC4=C(C(n5c6ccccc6c6cc7ccccc7cc65)N3)C3(C)C=CC=CC3O4)cc21. The van der Waals surface area contributed by atoms with Gasteiger partial charge in [0.15, 0.2) is 0 Å². The highest BCUT2D eigenvalue weighted by molar-refractivity contribution is 6.13. The van der Waals surface area contributed by atoms with Crippen LogP contribution in [0.25, 0.3) is 43.7 Å². The Balaban J connectivity index is 1.21. The lowest BCUT2D eigenvalue weighted by Crippen LogP contribution is -2.41. The largest absolute Gasteiger partial charge is 0.469 e. The molecule has 3 atom stereocenters. The highest BCUT2D eigenvalue weighted by Crippen LogP contribution is 2.53. The van der Waals surface area contributed by atoms with Crippen molar-refractivity contribution in [1.82, 2.24) is 9.88 Å². The van der Waals surface area contributed by atoms with Gasteiger partial charge in [0, 0.05) is 27.3 Å². The normalized spacial score (nSPS) is 23.6. The Morgan fingerprint density at radius 3 is 2.37 bits per heavy atom. The number of rotatable bonds is 2. The fraction of sp³-hybridized carbons (Fsp3) is 0.167. The van der Waals surface area contributed by atoms with Gasteiger partial charge in [-0.05, 0) is 70.3 Å². The first kappa shape index (κ1) is 25.9. The molecule has 5 aromatic carbocycles. The van der Waals surface area contributed by atoms with Crippen LogP contribution in [-0.2, 0) is 10.2 Å². The number of hydrogen-bond donors (Lipinski definition) is 1. The molecule has 0 saturated carbocycles. The first-order valence-corrected chi connectivity index (χ1v) is 16.2. The van der Waals surface area contributed by atoms with Crippen molar-refractivity contribution in [3.63, 3.8) is 0 Å². The van der Waals surface area contributed by atoms with E-state index >= 15 is 0 Å². The van der Waals surface area contributed by atoms with Gasteiger partial charge < -0.3 is 14.6 Å². The molecule has 0 amide bonds. The molecule has 1 aromatic heterocycles. The molecular weight excluding hydrogens is 562 g/mol. The molecule has 46 heavy (non-hydrogen) atoms. The summed E-state index contributed by atoms with van der Waals surface area (Å²) in [5.41, 5.74) is 9.49. The number of hydrogen-bond acceptors (Lipinski definition) is 3. The minimum absolute atomic E-state index is 0.100. The van der Waals surface area contributed by atoms with Gasteiger partial charge >= 0.3 is 0 Å². The molecule has 0 saturated heterocycles. The summed E-state index contributed by atoms with van der Waals surface area (Å²) in [7, 11) is 0. The lowest BCUT2D eigenvalue weighted by atomic mass is 9.74. The third kappa shape index (κ3) is 3.31. The van der Waals surface area contributed by atoms with E-state index in [1.165, 1.54) is 54.8 Å². The van der Waals surface area contributed by atoms with Crippen LogP contribution in [0.3, 0.4) is 0 Å². The van der Waals surface area contributed by atoms with Crippen molar-refractivity contribution < 1.29 is 4.74 Å². The Kier molecular flexibility index (Phi) is 5.01. The Hall–Kier alpha value is -5.35. The minimum atomic E-state index is -0.340. The van der Waals surface area contributed by atoms with E-state index in [1.54, 1.807) is 0 Å². The Morgan fingerprint density at radius 2 is 1.48 bits per heavy atom. The quantitative estimate of drug-likeness (QED) is 0.217. The van der Waals surface area contributed by atoms with Gasteiger partial charge in [0.1, 0.15) is 18.1 Å². The minimum Gasteiger partial charge on any atom is -0.469 e. The molecule has 1 N–H and O–H groups in total. The average molecular weight is 596 g/mol. The van der Waals surface area contributed by atoms with E-state index in [9.17, 15) is 0 Å². The lowest BCUT2D eigenvalue weighted by Gasteiger charge is -2.36. The van der Waals surface area contributed by atoms with Crippen LogP contribution in [0.5, 0.6) is 0 Å². The van der Waals surface area contributed by atoms with E-state index in [2.05, 4.69) is 158 Å². The maximum Gasteiger partial charge on any atom is 0.220 e. The summed E-state index contributed by atoms with van der Waals surface area (Å²) in [4.78, 5) is 5.26. The lowest BCUT2D eigenvalue weighted by molar-refractivity contribution is 0.128. The van der Waals surface area contributed by atoms with Crippen molar-refractivity contribution in [3.05, 3.63) is 156 Å². The molecule has 6 aromatic rings. The van der Waals surface area contributed by atoms with Gasteiger partial charge in [0.05, 0.1) is 16.4 Å². The molecule has 10 rings (SSSR count). The third-order valence-electron chi connectivity index (χ3n) is 10.9. The molecule has 3 heterocycles. The van der Waals surface area contributed by atoms with Crippen LogP contribution in [-0.4, -0.2) is 16.5 Å². The van der Waals surface area contributed by atoms with Crippen LogP contribution >= 0.6 is 0 Å². The van der Waals surface area contributed by atoms with Gasteiger partial charge in [-0.25, -0.2) is 0 Å². The second-order valence-corrected chi connectivity index (χ2v) is 13.8. The summed E-state index contributed by atoms with van der Waals surface area (Å²) in [6.45, 7) is 6.94. The zero-order valence-electron chi connectivity index (χ0n) is 26.1. The summed E-state index contributed by atoms with van der Waals surface area (Å²) in [5.74, 6) is 1.55. The molecule has 3 unspecified atom stereocenters. The predicted molar refractivity (Wildman–Crippen MR) is 188 cm³/mol. The van der Waals surface area contributed by atoms with Gasteiger partial charge in [0.2, 0.25) is 5.88 Å². The molecule has 0 bridgehead atoms. The summed E-state index contributed by atoms with van der Waals surface area (Å²) < 4.78 is 9.22. The topological polar surface area (TPSA) is 38.5 Å². The fourth-order valence-corrected chi connectivity index (χ4v) is 8.52. The summed E-state index contributed by atoms with van der Waals surface area (Å²) >= 11 is 0. The number of nitrogens with zero attached hydrogens (tertiary/aromatic N) is 2. The van der Waals surface area contributed by atoms with E-state index < -0.39 is 0 Å². The smallest absolute Gasteiger partial charge is 0.220 e. The molecule has 2 aliphatic heterocycles. The van der Waals surface area contributed by atoms with Crippen molar-refractivity contribution in [2.75, 3.05) is 0 Å². The molecule has 4 nitrogen and oxygen atoms in total. The zero-order valence-corrected chi connectivity index (χ0v) is 26.1. The van der Waals surface area contributed by atoms with Gasteiger partial charge in [-0.2, -0.15) is 4.99 Å². The summed E-state index contributed by atoms with van der Waals surface area (Å²) in [5, 5.41) is 8.96. The average Bonchev–Trinajstić information content (AvgIpc) is 3.65. The van der Waals surface area contributed by atoms with E-state index in [-0.39, 0.29) is 23.1 Å². The number of aliphatic imine (C=N–C) groups is 1. The molecule has 4 aliphatic rings. The maximum atomic E-state index is 6.73. The monoisotopic (exact) mass is 595 g/mol. The number of allylic oxidation sites excluding steroid dienone is 2. The fourth-order valence-electron chi connectivity index (χ4n) is 8.52. The van der Waals surface area contributed by atoms with Gasteiger partial charge in [-0.1, -0.05) is 111 Å². The molecule has 4 heteroatoms. The van der Waals surface area contributed by atoms with Crippen molar-refractivity contribution in [2.45, 2.75) is 38.5 Å². The molecule has 0 fully saturated rings. The molecule has 0 spiro atoms. The van der Waals surface area contributed by atoms with Crippen LogP contribution in [0.1, 0.15) is 43.6 Å². The molecule has 222 valence electrons. The number of nitrogens with one attached hydrogen (secondary N) is 1. The van der Waals surface area contributed by atoms with Crippen molar-refractivity contribution in [3.8, 4) is 11.1 Å². The second kappa shape index (κ2) is 8.88. The second-order valence-electron chi connectivity index (χ2n) is 13.8. The van der Waals surface area contributed by atoms with Crippen molar-refractivity contribution in [2.24, 2.45) is 10.4 Å². The first-order chi connectivity index (χ1) is 22.4. The van der Waals surface area contributed by atoms with Crippen LogP contribution in [0.2, 0.25) is 0 Å². The zero-order chi connectivity index (χ0) is 30.8. The van der Waals surface area contributed by atoms with Crippen molar-refractivity contribution >= 4 is 38.4 Å². The van der Waals surface area contributed by atoms with E-state index in [1.807, 2.05) is 0 Å². The molecular formula is C42H33N3O. The standard InChI is InChI=1S/C42H33N3O/c1-41(2)32-16-8-6-14-28(32)29-20-19-27(23-33(29)41)38-43-39(37-40(44-38)46-36-18-10-11-21-42(36,37)3)45-34-17-9-7-15-30(34)31-22-25-12-4-5-13-26(25)24-35(31)45/h4-24,36,39H,1-3H3,(H,43,44). The highest BCUT2D eigenvalue weighted by Gasteiger charge is 2.51. The van der Waals surface area contributed by atoms with E-state index in [0.717, 1.165) is 22.9 Å². The number of ether oxygens (including phenoxy) is 1. The number of para-hydroxylation sites is 1. The number of fused-ring (bicyclic) bond motifs is 9. The van der Waals surface area contributed by atoms with Crippen LogP contribution in [0, 0.1) is 5.41 Å². The van der Waals surface area contributed by atoms with Crippen LogP contribution < -0.4 is 5.32 Å². The number of amidine groups is 1. The van der Waals surface area contributed by atoms with E-state index in [4.69, 9.17) is 9.73 Å². The van der Waals surface area contributed by atoms with E-state index in [0.29, 0.717) is 0 Å². The predicted octanol–water partition coefficient (Wildman–Crippen LogP) is 9.55. The van der Waals surface area contributed by atoms with Crippen molar-refractivity contribution in [1.29, 1.82) is 0 Å². The van der Waals surface area contributed by atoms with Gasteiger partial charge in [-0.15, -0.1) is 0 Å². The first-order valence-electron chi connectivity index (χ1n) is 16.2. The Morgan fingerprint density at radius 1 is 0.717 bits per heavy atom. The summed E-state index contributed by atoms with van der Waals surface area (Å²) in [6, 6.07) is 37.7. The van der Waals surface area contributed by atoms with Crippen LogP contribution in [0.15, 0.2) is 144 Å². The third-order valence-corrected chi connectivity index (χ3v) is 10.9. The highest BCUT2D eigenvalue weighted by atomic mass is 16.5. The Labute approximate surface area is 268 Å². The van der Waals surface area contributed by atoms with Gasteiger partial charge in [-0.3, -0.25) is 0 Å². The van der Waals surface area contributed by atoms with Gasteiger partial charge in [0.25, 0.3) is 0 Å².